The zero-order chi connectivity index (χ0) is 11.3. The average molecular weight is 214 g/mol. The van der Waals surface area contributed by atoms with Crippen LogP contribution < -0.4 is 5.32 Å². The van der Waals surface area contributed by atoms with Gasteiger partial charge >= 0.3 is 0 Å². The Morgan fingerprint density at radius 3 is 2.80 bits per heavy atom. The van der Waals surface area contributed by atoms with Crippen LogP contribution in [0, 0.1) is 5.92 Å². The van der Waals surface area contributed by atoms with E-state index in [1.54, 1.807) is 12.0 Å². The van der Waals surface area contributed by atoms with Gasteiger partial charge < -0.3 is 15.0 Å². The Bertz CT molecular complexity index is 201. The van der Waals surface area contributed by atoms with E-state index in [0.29, 0.717) is 19.2 Å². The largest absolute Gasteiger partial charge is 0.383 e. The highest BCUT2D eigenvalue weighted by atomic mass is 16.5. The van der Waals surface area contributed by atoms with Crippen molar-refractivity contribution in [3.8, 4) is 0 Å². The molecule has 0 saturated carbocycles. The average Bonchev–Trinajstić information content (AvgIpc) is 2.26. The molecule has 4 heteroatoms. The maximum absolute atomic E-state index is 11.9. The molecule has 2 atom stereocenters. The summed E-state index contributed by atoms with van der Waals surface area (Å²) in [5.74, 6) is 0.398. The van der Waals surface area contributed by atoms with Crippen LogP contribution in [0.3, 0.4) is 0 Å². The molecule has 1 rings (SSSR count). The Balaban J connectivity index is 2.32. The number of likely N-dealkylation sites (N-methyl/N-ethyl adjacent to an activating group) is 1. The van der Waals surface area contributed by atoms with Crippen LogP contribution in [0.25, 0.3) is 0 Å². The molecule has 0 aliphatic carbocycles. The van der Waals surface area contributed by atoms with Crippen molar-refractivity contribution in [3.63, 3.8) is 0 Å². The second-order valence-electron chi connectivity index (χ2n) is 4.34. The molecule has 4 nitrogen and oxygen atoms in total. The first kappa shape index (κ1) is 12.5. The Hall–Kier alpha value is -0.610. The van der Waals surface area contributed by atoms with Crippen molar-refractivity contribution in [2.24, 2.45) is 5.92 Å². The van der Waals surface area contributed by atoms with E-state index in [4.69, 9.17) is 4.74 Å². The fourth-order valence-electron chi connectivity index (χ4n) is 1.86. The zero-order valence-electron chi connectivity index (χ0n) is 9.95. The number of hydrogen-bond donors (Lipinski definition) is 1. The molecule has 1 saturated heterocycles. The summed E-state index contributed by atoms with van der Waals surface area (Å²) >= 11 is 0. The molecule has 1 aliphatic heterocycles. The molecule has 0 aromatic rings. The lowest BCUT2D eigenvalue weighted by Crippen LogP contribution is -2.45. The fourth-order valence-corrected chi connectivity index (χ4v) is 1.86. The van der Waals surface area contributed by atoms with Gasteiger partial charge in [-0.3, -0.25) is 4.79 Å². The summed E-state index contributed by atoms with van der Waals surface area (Å²) in [6, 6.07) is 0.554. The van der Waals surface area contributed by atoms with Crippen molar-refractivity contribution in [1.29, 1.82) is 0 Å². The molecule has 1 aliphatic rings. The van der Waals surface area contributed by atoms with Crippen molar-refractivity contribution < 1.29 is 9.53 Å². The number of carbonyl (C=O) groups excluding carboxylic acids is 1. The van der Waals surface area contributed by atoms with Crippen LogP contribution >= 0.6 is 0 Å². The topological polar surface area (TPSA) is 41.6 Å². The summed E-state index contributed by atoms with van der Waals surface area (Å²) in [5.41, 5.74) is 0. The van der Waals surface area contributed by atoms with Gasteiger partial charge in [-0.25, -0.2) is 0 Å². The van der Waals surface area contributed by atoms with Crippen molar-refractivity contribution in [1.82, 2.24) is 10.2 Å². The highest BCUT2D eigenvalue weighted by Crippen LogP contribution is 2.15. The van der Waals surface area contributed by atoms with Gasteiger partial charge in [0.1, 0.15) is 0 Å². The third-order valence-electron chi connectivity index (χ3n) is 3.02. The molecule has 0 bridgehead atoms. The highest BCUT2D eigenvalue weighted by Gasteiger charge is 2.25. The van der Waals surface area contributed by atoms with Crippen LogP contribution in [0.15, 0.2) is 0 Å². The molecule has 0 radical (unpaired) electrons. The number of nitrogens with one attached hydrogen (secondary N) is 1. The van der Waals surface area contributed by atoms with E-state index >= 15 is 0 Å². The highest BCUT2D eigenvalue weighted by molar-refractivity contribution is 5.78. The number of amides is 1. The first-order chi connectivity index (χ1) is 7.15. The van der Waals surface area contributed by atoms with Crippen LogP contribution in [0.5, 0.6) is 0 Å². The minimum absolute atomic E-state index is 0.156. The number of carbonyl (C=O) groups is 1. The molecular formula is C11H22N2O2. The zero-order valence-corrected chi connectivity index (χ0v) is 9.95. The quantitative estimate of drug-likeness (QED) is 0.740. The van der Waals surface area contributed by atoms with Gasteiger partial charge in [-0.15, -0.1) is 0 Å². The van der Waals surface area contributed by atoms with Crippen LogP contribution in [0.2, 0.25) is 0 Å². The van der Waals surface area contributed by atoms with E-state index in [2.05, 4.69) is 12.2 Å². The molecule has 1 amide bonds. The number of nitrogens with zero attached hydrogens (tertiary/aromatic N) is 1. The van der Waals surface area contributed by atoms with Gasteiger partial charge in [-0.1, -0.05) is 0 Å². The number of hydrogen-bond acceptors (Lipinski definition) is 3. The molecule has 0 aromatic carbocycles. The smallest absolute Gasteiger partial charge is 0.226 e. The predicted octanol–water partition coefficient (Wildman–Crippen LogP) is 0.479. The lowest BCUT2D eigenvalue weighted by Gasteiger charge is -2.29. The second kappa shape index (κ2) is 6.08. The van der Waals surface area contributed by atoms with Crippen LogP contribution in [-0.2, 0) is 9.53 Å². The number of ether oxygens (including phenoxy) is 1. The van der Waals surface area contributed by atoms with Gasteiger partial charge in [0.2, 0.25) is 5.91 Å². The monoisotopic (exact) mass is 214 g/mol. The van der Waals surface area contributed by atoms with Crippen molar-refractivity contribution in [3.05, 3.63) is 0 Å². The van der Waals surface area contributed by atoms with Gasteiger partial charge in [-0.2, -0.15) is 0 Å². The molecule has 2 unspecified atom stereocenters. The van der Waals surface area contributed by atoms with E-state index in [1.807, 2.05) is 7.05 Å². The summed E-state index contributed by atoms with van der Waals surface area (Å²) in [7, 11) is 3.50. The molecule has 1 fully saturated rings. The van der Waals surface area contributed by atoms with Crippen molar-refractivity contribution >= 4 is 5.91 Å². The molecular weight excluding hydrogens is 192 g/mol. The lowest BCUT2D eigenvalue weighted by atomic mass is 9.94. The third-order valence-corrected chi connectivity index (χ3v) is 3.02. The summed E-state index contributed by atoms with van der Waals surface area (Å²) in [5, 5.41) is 3.35. The predicted molar refractivity (Wildman–Crippen MR) is 59.7 cm³/mol. The Labute approximate surface area is 92.0 Å². The van der Waals surface area contributed by atoms with Crippen molar-refractivity contribution in [2.75, 3.05) is 33.9 Å². The Kier molecular flexibility index (Phi) is 5.05. The molecule has 1 heterocycles. The first-order valence-electron chi connectivity index (χ1n) is 5.62. The normalized spacial score (nSPS) is 26.3. The Morgan fingerprint density at radius 2 is 2.27 bits per heavy atom. The fraction of sp³-hybridized carbons (Fsp3) is 0.909. The van der Waals surface area contributed by atoms with Crippen LogP contribution in [0.4, 0.5) is 0 Å². The SMILES string of the molecule is COCCN(C)C(=O)C1CCC(C)NC1. The maximum atomic E-state index is 11.9. The van der Waals surface area contributed by atoms with Crippen LogP contribution in [-0.4, -0.2) is 50.7 Å². The number of methoxy groups -OCH3 is 1. The summed E-state index contributed by atoms with van der Waals surface area (Å²) in [4.78, 5) is 13.7. The van der Waals surface area contributed by atoms with Gasteiger partial charge in [0, 0.05) is 33.3 Å². The van der Waals surface area contributed by atoms with E-state index in [-0.39, 0.29) is 11.8 Å². The molecule has 15 heavy (non-hydrogen) atoms. The summed E-state index contributed by atoms with van der Waals surface area (Å²) < 4.78 is 4.96. The summed E-state index contributed by atoms with van der Waals surface area (Å²) in [6.45, 7) is 4.27. The van der Waals surface area contributed by atoms with E-state index < -0.39 is 0 Å². The number of rotatable bonds is 4. The standard InChI is InChI=1S/C11H22N2O2/c1-9-4-5-10(8-12-9)11(14)13(2)6-7-15-3/h9-10,12H,4-8H2,1-3H3. The number of piperidine rings is 1. The van der Waals surface area contributed by atoms with E-state index in [1.165, 1.54) is 0 Å². The molecule has 88 valence electrons. The molecule has 0 spiro atoms. The molecule has 1 N–H and O–H groups in total. The van der Waals surface area contributed by atoms with Gasteiger partial charge in [0.25, 0.3) is 0 Å². The minimum atomic E-state index is 0.156. The third kappa shape index (κ3) is 3.80. The maximum Gasteiger partial charge on any atom is 0.226 e. The first-order valence-corrected chi connectivity index (χ1v) is 5.62. The Morgan fingerprint density at radius 1 is 1.53 bits per heavy atom. The van der Waals surface area contributed by atoms with E-state index in [9.17, 15) is 4.79 Å². The van der Waals surface area contributed by atoms with Crippen LogP contribution in [0.1, 0.15) is 19.8 Å². The van der Waals surface area contributed by atoms with Gasteiger partial charge in [0.15, 0.2) is 0 Å². The minimum Gasteiger partial charge on any atom is -0.383 e. The summed E-state index contributed by atoms with van der Waals surface area (Å²) in [6.07, 6.45) is 2.10. The lowest BCUT2D eigenvalue weighted by molar-refractivity contribution is -0.135. The second-order valence-corrected chi connectivity index (χ2v) is 4.34. The molecule has 0 aromatic heterocycles. The van der Waals surface area contributed by atoms with Gasteiger partial charge in [0.05, 0.1) is 12.5 Å². The van der Waals surface area contributed by atoms with E-state index in [0.717, 1.165) is 19.4 Å². The van der Waals surface area contributed by atoms with Crippen molar-refractivity contribution in [2.45, 2.75) is 25.8 Å². The van der Waals surface area contributed by atoms with Gasteiger partial charge in [-0.05, 0) is 19.8 Å².